The molecule has 0 aliphatic rings. The Morgan fingerprint density at radius 2 is 0.676 bits per heavy atom. The zero-order valence-corrected chi connectivity index (χ0v) is 49.8. The van der Waals surface area contributed by atoms with Crippen LogP contribution in [0.4, 0.5) is 0 Å². The lowest BCUT2D eigenvalue weighted by Gasteiger charge is -2.20. The molecule has 2 unspecified atom stereocenters. The van der Waals surface area contributed by atoms with Gasteiger partial charge in [0.15, 0.2) is 0 Å². The van der Waals surface area contributed by atoms with Gasteiger partial charge >= 0.3 is 5.97 Å². The summed E-state index contributed by atoms with van der Waals surface area (Å²) in [4.78, 5) is 24.6. The van der Waals surface area contributed by atoms with Crippen molar-refractivity contribution in [1.29, 1.82) is 0 Å². The number of hydrogen-bond donors (Lipinski definition) is 3. The van der Waals surface area contributed by atoms with Gasteiger partial charge in [-0.1, -0.05) is 320 Å². The monoisotopic (exact) mass is 1040 g/mol. The normalized spacial score (nSPS) is 12.8. The van der Waals surface area contributed by atoms with Gasteiger partial charge in [-0.15, -0.1) is 0 Å². The molecule has 0 aliphatic carbocycles. The summed E-state index contributed by atoms with van der Waals surface area (Å²) in [6, 6.07) is -0.638. The fourth-order valence-electron chi connectivity index (χ4n) is 10.3. The van der Waals surface area contributed by atoms with Gasteiger partial charge in [0.1, 0.15) is 0 Å². The van der Waals surface area contributed by atoms with Crippen molar-refractivity contribution in [3.8, 4) is 0 Å². The summed E-state index contributed by atoms with van der Waals surface area (Å²) in [5.74, 6) is -0.0816. The summed E-state index contributed by atoms with van der Waals surface area (Å²) in [7, 11) is 0. The van der Waals surface area contributed by atoms with Crippen LogP contribution in [-0.2, 0) is 14.3 Å². The minimum absolute atomic E-state index is 0.00640. The molecule has 0 aromatic rings. The standard InChI is InChI=1S/C68H129NO5/c1-3-5-7-9-11-13-15-17-19-21-23-24-25-26-27-29-30-32-36-40-44-48-52-56-60-66(71)65(64-70)69-67(72)61-57-53-49-45-41-37-34-35-39-43-47-51-55-59-63-74-68(73)62-58-54-50-46-42-38-33-31-28-22-20-18-16-14-12-10-8-6-4-2/h12,14,18,20,56,60,65-66,70-71H,3-11,13,15-17,19,21-55,57-59,61-64H2,1-2H3,(H,69,72)/b14-12-,20-18-,60-56+. The molecule has 3 N–H and O–H groups in total. The van der Waals surface area contributed by atoms with Crippen LogP contribution < -0.4 is 5.32 Å². The smallest absolute Gasteiger partial charge is 0.305 e. The van der Waals surface area contributed by atoms with E-state index in [1.807, 2.05) is 6.08 Å². The lowest BCUT2D eigenvalue weighted by atomic mass is 10.0. The van der Waals surface area contributed by atoms with E-state index in [0.29, 0.717) is 19.4 Å². The maximum atomic E-state index is 12.5. The Morgan fingerprint density at radius 3 is 1.05 bits per heavy atom. The molecule has 0 fully saturated rings. The number of allylic oxidation sites excluding steroid dienone is 5. The third-order valence-electron chi connectivity index (χ3n) is 15.4. The van der Waals surface area contributed by atoms with Crippen LogP contribution in [0.15, 0.2) is 36.5 Å². The lowest BCUT2D eigenvalue weighted by Crippen LogP contribution is -2.45. The van der Waals surface area contributed by atoms with E-state index in [1.54, 1.807) is 6.08 Å². The number of aliphatic hydroxyl groups excluding tert-OH is 2. The van der Waals surface area contributed by atoms with Gasteiger partial charge in [0.2, 0.25) is 5.91 Å². The van der Waals surface area contributed by atoms with E-state index in [1.165, 1.54) is 270 Å². The minimum Gasteiger partial charge on any atom is -0.466 e. The van der Waals surface area contributed by atoms with E-state index >= 15 is 0 Å². The Labute approximate surface area is 462 Å². The van der Waals surface area contributed by atoms with Gasteiger partial charge in [0.25, 0.3) is 0 Å². The number of carbonyl (C=O) groups excluding carboxylic acids is 2. The average Bonchev–Trinajstić information content (AvgIpc) is 3.40. The van der Waals surface area contributed by atoms with Crippen LogP contribution in [0.1, 0.15) is 361 Å². The number of rotatable bonds is 62. The topological polar surface area (TPSA) is 95.9 Å². The van der Waals surface area contributed by atoms with E-state index in [0.717, 1.165) is 64.2 Å². The van der Waals surface area contributed by atoms with Gasteiger partial charge in [-0.05, 0) is 64.2 Å². The second-order valence-electron chi connectivity index (χ2n) is 22.8. The Kier molecular flexibility index (Phi) is 62.0. The van der Waals surface area contributed by atoms with Crippen molar-refractivity contribution in [1.82, 2.24) is 5.32 Å². The summed E-state index contributed by atoms with van der Waals surface area (Å²) in [5, 5.41) is 23.2. The Morgan fingerprint density at radius 1 is 0.378 bits per heavy atom. The number of ether oxygens (including phenoxy) is 1. The highest BCUT2D eigenvalue weighted by atomic mass is 16.5. The van der Waals surface area contributed by atoms with Gasteiger partial charge in [-0.25, -0.2) is 0 Å². The Hall–Kier alpha value is -1.92. The van der Waals surface area contributed by atoms with Crippen LogP contribution in [0.25, 0.3) is 0 Å². The highest BCUT2D eigenvalue weighted by Gasteiger charge is 2.18. The first-order chi connectivity index (χ1) is 36.5. The van der Waals surface area contributed by atoms with Gasteiger partial charge in [0.05, 0.1) is 25.4 Å². The number of unbranched alkanes of at least 4 members (excludes halogenated alkanes) is 47. The van der Waals surface area contributed by atoms with Crippen molar-refractivity contribution in [2.75, 3.05) is 13.2 Å². The SMILES string of the molecule is CCCCC/C=C\C/C=C\CCCCCCCCCCCC(=O)OCCCCCCCCCCCCCCCCC(=O)NC(CO)C(O)/C=C/CCCCCCCCCCCCCCCCCCCCCCCC. The third kappa shape index (κ3) is 59.3. The fourth-order valence-corrected chi connectivity index (χ4v) is 10.3. The summed E-state index contributed by atoms with van der Waals surface area (Å²) in [5.41, 5.74) is 0. The predicted molar refractivity (Wildman–Crippen MR) is 324 cm³/mol. The molecule has 0 radical (unpaired) electrons. The molecule has 0 heterocycles. The molecule has 1 amide bonds. The van der Waals surface area contributed by atoms with Gasteiger partial charge in [0, 0.05) is 12.8 Å². The predicted octanol–water partition coefficient (Wildman–Crippen LogP) is 21.1. The highest BCUT2D eigenvalue weighted by molar-refractivity contribution is 5.76. The zero-order chi connectivity index (χ0) is 53.6. The first-order valence-electron chi connectivity index (χ1n) is 33.3. The van der Waals surface area contributed by atoms with Gasteiger partial charge in [-0.3, -0.25) is 9.59 Å². The summed E-state index contributed by atoms with van der Waals surface area (Å²) < 4.78 is 5.49. The molecular weight excluding hydrogens is 911 g/mol. The van der Waals surface area contributed by atoms with Crippen molar-refractivity contribution in [2.24, 2.45) is 0 Å². The van der Waals surface area contributed by atoms with Crippen LogP contribution >= 0.6 is 0 Å². The number of amides is 1. The molecule has 0 saturated carbocycles. The van der Waals surface area contributed by atoms with E-state index < -0.39 is 12.1 Å². The van der Waals surface area contributed by atoms with Crippen LogP contribution in [-0.4, -0.2) is 47.4 Å². The summed E-state index contributed by atoms with van der Waals surface area (Å²) in [6.07, 6.45) is 80.5. The van der Waals surface area contributed by atoms with Crippen molar-refractivity contribution in [3.63, 3.8) is 0 Å². The van der Waals surface area contributed by atoms with Gasteiger partial charge in [-0.2, -0.15) is 0 Å². The molecule has 0 aliphatic heterocycles. The maximum absolute atomic E-state index is 12.5. The molecular formula is C68H129NO5. The quantitative estimate of drug-likeness (QED) is 0.0320. The number of carbonyl (C=O) groups is 2. The van der Waals surface area contributed by atoms with E-state index in [9.17, 15) is 19.8 Å². The first kappa shape index (κ1) is 72.1. The molecule has 6 heteroatoms. The largest absolute Gasteiger partial charge is 0.466 e. The van der Waals surface area contributed by atoms with Gasteiger partial charge < -0.3 is 20.3 Å². The van der Waals surface area contributed by atoms with Crippen molar-refractivity contribution in [2.45, 2.75) is 373 Å². The second-order valence-corrected chi connectivity index (χ2v) is 22.8. The first-order valence-corrected chi connectivity index (χ1v) is 33.3. The second kappa shape index (κ2) is 63.6. The van der Waals surface area contributed by atoms with Crippen LogP contribution in [0, 0.1) is 0 Å². The van der Waals surface area contributed by atoms with E-state index in [2.05, 4.69) is 43.5 Å². The molecule has 0 aromatic heterocycles. The number of esters is 1. The molecule has 6 nitrogen and oxygen atoms in total. The number of aliphatic hydroxyl groups is 2. The summed E-state index contributed by atoms with van der Waals surface area (Å²) >= 11 is 0. The average molecular weight is 1040 g/mol. The molecule has 0 saturated heterocycles. The molecule has 0 rings (SSSR count). The molecule has 436 valence electrons. The summed E-state index contributed by atoms with van der Waals surface area (Å²) in [6.45, 7) is 4.88. The van der Waals surface area contributed by atoms with Crippen molar-refractivity contribution in [3.05, 3.63) is 36.5 Å². The molecule has 0 spiro atoms. The van der Waals surface area contributed by atoms with E-state index in [4.69, 9.17) is 4.74 Å². The van der Waals surface area contributed by atoms with Crippen LogP contribution in [0.2, 0.25) is 0 Å². The maximum Gasteiger partial charge on any atom is 0.305 e. The van der Waals surface area contributed by atoms with Crippen molar-refractivity contribution < 1.29 is 24.5 Å². The molecule has 74 heavy (non-hydrogen) atoms. The molecule has 2 atom stereocenters. The zero-order valence-electron chi connectivity index (χ0n) is 49.8. The third-order valence-corrected chi connectivity index (χ3v) is 15.4. The van der Waals surface area contributed by atoms with Crippen LogP contribution in [0.3, 0.4) is 0 Å². The number of nitrogens with one attached hydrogen (secondary N) is 1. The Bertz CT molecular complexity index is 1200. The molecule has 0 aromatic carbocycles. The highest BCUT2D eigenvalue weighted by Crippen LogP contribution is 2.18. The minimum atomic E-state index is -0.854. The number of hydrogen-bond acceptors (Lipinski definition) is 5. The van der Waals surface area contributed by atoms with Crippen molar-refractivity contribution >= 4 is 11.9 Å². The fraction of sp³-hybridized carbons (Fsp3) is 0.882. The molecule has 0 bridgehead atoms. The van der Waals surface area contributed by atoms with E-state index in [-0.39, 0.29) is 18.5 Å². The van der Waals surface area contributed by atoms with Crippen LogP contribution in [0.5, 0.6) is 0 Å². The lowest BCUT2D eigenvalue weighted by molar-refractivity contribution is -0.143. The Balaban J connectivity index is 3.45.